The van der Waals surface area contributed by atoms with Crippen LogP contribution >= 0.6 is 11.6 Å². The average Bonchev–Trinajstić information content (AvgIpc) is 3.42. The van der Waals surface area contributed by atoms with Gasteiger partial charge in [-0.3, -0.25) is 9.59 Å². The number of carbonyl (C=O) groups excluding carboxylic acids is 3. The van der Waals surface area contributed by atoms with Crippen molar-refractivity contribution in [2.24, 2.45) is 0 Å². The molecular formula is C24H23ClN4O4. The van der Waals surface area contributed by atoms with Crippen LogP contribution in [0.1, 0.15) is 34.3 Å². The predicted molar refractivity (Wildman–Crippen MR) is 123 cm³/mol. The van der Waals surface area contributed by atoms with Crippen molar-refractivity contribution in [2.75, 3.05) is 18.5 Å². The summed E-state index contributed by atoms with van der Waals surface area (Å²) in [5.74, 6) is -0.505. The number of hydrogen-bond acceptors (Lipinski definition) is 5. The molecule has 1 saturated heterocycles. The van der Waals surface area contributed by atoms with E-state index in [1.54, 1.807) is 46.1 Å². The molecule has 1 aromatic heterocycles. The fraction of sp³-hybridized carbons (Fsp3) is 0.250. The summed E-state index contributed by atoms with van der Waals surface area (Å²) >= 11 is 6.20. The highest BCUT2D eigenvalue weighted by Gasteiger charge is 2.20. The molecule has 2 amide bonds. The second kappa shape index (κ2) is 10.3. The lowest BCUT2D eigenvalue weighted by atomic mass is 10.1. The van der Waals surface area contributed by atoms with Crippen LogP contribution in [0, 0.1) is 0 Å². The Labute approximate surface area is 196 Å². The maximum atomic E-state index is 12.4. The first-order valence-electron chi connectivity index (χ1n) is 10.6. The molecule has 2 aromatic carbocycles. The molecule has 9 heteroatoms. The van der Waals surface area contributed by atoms with Crippen molar-refractivity contribution in [3.05, 3.63) is 82.5 Å². The number of rotatable bonds is 8. The standard InChI is InChI=1S/C24H23ClN4O4/c25-20-8-2-1-6-19(20)15-29-21(10-11-26-29)27-22(30)16-33-24(32)18-7-3-5-17(13-18)14-28-12-4-9-23(28)31/h1-3,5-8,10-11,13H,4,9,12,14-16H2,(H,27,30). The second-order valence-electron chi connectivity index (χ2n) is 7.71. The Balaban J connectivity index is 1.31. The Kier molecular flexibility index (Phi) is 7.04. The molecule has 0 saturated carbocycles. The minimum Gasteiger partial charge on any atom is -0.452 e. The molecule has 33 heavy (non-hydrogen) atoms. The fourth-order valence-corrected chi connectivity index (χ4v) is 3.83. The Hall–Kier alpha value is -3.65. The van der Waals surface area contributed by atoms with Gasteiger partial charge in [-0.2, -0.15) is 5.10 Å². The van der Waals surface area contributed by atoms with Crippen LogP contribution in [0.25, 0.3) is 0 Å². The van der Waals surface area contributed by atoms with Gasteiger partial charge in [-0.15, -0.1) is 0 Å². The smallest absolute Gasteiger partial charge is 0.338 e. The summed E-state index contributed by atoms with van der Waals surface area (Å²) in [6.07, 6.45) is 2.98. The molecule has 0 atom stereocenters. The Bertz CT molecular complexity index is 1180. The van der Waals surface area contributed by atoms with E-state index in [0.29, 0.717) is 35.9 Å². The summed E-state index contributed by atoms with van der Waals surface area (Å²) in [5, 5.41) is 7.52. The number of nitrogens with zero attached hydrogens (tertiary/aromatic N) is 3. The number of anilines is 1. The van der Waals surface area contributed by atoms with Crippen LogP contribution in [0.15, 0.2) is 60.8 Å². The van der Waals surface area contributed by atoms with Gasteiger partial charge in [0, 0.05) is 30.6 Å². The zero-order valence-corrected chi connectivity index (χ0v) is 18.6. The molecule has 1 N–H and O–H groups in total. The lowest BCUT2D eigenvalue weighted by Crippen LogP contribution is -2.24. The summed E-state index contributed by atoms with van der Waals surface area (Å²) in [6, 6.07) is 15.9. The van der Waals surface area contributed by atoms with E-state index in [1.807, 2.05) is 24.3 Å². The Morgan fingerprint density at radius 2 is 1.94 bits per heavy atom. The van der Waals surface area contributed by atoms with Crippen LogP contribution in [0.2, 0.25) is 5.02 Å². The van der Waals surface area contributed by atoms with Crippen molar-refractivity contribution in [3.63, 3.8) is 0 Å². The predicted octanol–water partition coefficient (Wildman–Crippen LogP) is 3.50. The monoisotopic (exact) mass is 466 g/mol. The highest BCUT2D eigenvalue weighted by molar-refractivity contribution is 6.31. The van der Waals surface area contributed by atoms with Crippen LogP contribution in [-0.2, 0) is 27.4 Å². The van der Waals surface area contributed by atoms with Gasteiger partial charge in [-0.1, -0.05) is 41.9 Å². The van der Waals surface area contributed by atoms with Crippen molar-refractivity contribution in [2.45, 2.75) is 25.9 Å². The van der Waals surface area contributed by atoms with E-state index in [-0.39, 0.29) is 5.91 Å². The minimum atomic E-state index is -0.607. The third-order valence-electron chi connectivity index (χ3n) is 5.30. The van der Waals surface area contributed by atoms with Gasteiger partial charge in [0.15, 0.2) is 6.61 Å². The summed E-state index contributed by atoms with van der Waals surface area (Å²) in [4.78, 5) is 38.4. The van der Waals surface area contributed by atoms with Crippen molar-refractivity contribution < 1.29 is 19.1 Å². The topological polar surface area (TPSA) is 93.5 Å². The quantitative estimate of drug-likeness (QED) is 0.513. The Morgan fingerprint density at radius 3 is 2.73 bits per heavy atom. The summed E-state index contributed by atoms with van der Waals surface area (Å²) in [7, 11) is 0. The van der Waals surface area contributed by atoms with E-state index in [4.69, 9.17) is 16.3 Å². The molecule has 0 aliphatic carbocycles. The molecule has 0 bridgehead atoms. The molecule has 1 aliphatic heterocycles. The SMILES string of the molecule is O=C(COC(=O)c1cccc(CN2CCCC2=O)c1)Nc1ccnn1Cc1ccccc1Cl. The van der Waals surface area contributed by atoms with Gasteiger partial charge < -0.3 is 15.0 Å². The van der Waals surface area contributed by atoms with Crippen molar-refractivity contribution >= 4 is 35.2 Å². The van der Waals surface area contributed by atoms with Gasteiger partial charge in [0.2, 0.25) is 5.91 Å². The molecule has 8 nitrogen and oxygen atoms in total. The van der Waals surface area contributed by atoms with Gasteiger partial charge in [0.05, 0.1) is 18.3 Å². The summed E-state index contributed by atoms with van der Waals surface area (Å²) < 4.78 is 6.78. The van der Waals surface area contributed by atoms with Gasteiger partial charge >= 0.3 is 5.97 Å². The second-order valence-corrected chi connectivity index (χ2v) is 8.12. The number of likely N-dealkylation sites (tertiary alicyclic amines) is 1. The van der Waals surface area contributed by atoms with Crippen molar-refractivity contribution in [3.8, 4) is 0 Å². The summed E-state index contributed by atoms with van der Waals surface area (Å²) in [5.41, 5.74) is 2.03. The van der Waals surface area contributed by atoms with Crippen molar-refractivity contribution in [1.29, 1.82) is 0 Å². The van der Waals surface area contributed by atoms with E-state index in [9.17, 15) is 14.4 Å². The van der Waals surface area contributed by atoms with Crippen LogP contribution in [0.3, 0.4) is 0 Å². The molecule has 1 aliphatic rings. The lowest BCUT2D eigenvalue weighted by Gasteiger charge is -2.15. The molecular weight excluding hydrogens is 444 g/mol. The maximum absolute atomic E-state index is 12.4. The highest BCUT2D eigenvalue weighted by atomic mass is 35.5. The number of amides is 2. The number of hydrogen-bond donors (Lipinski definition) is 1. The first kappa shape index (κ1) is 22.5. The van der Waals surface area contributed by atoms with Gasteiger partial charge in [0.1, 0.15) is 5.82 Å². The van der Waals surface area contributed by atoms with E-state index in [0.717, 1.165) is 24.1 Å². The number of ether oxygens (including phenoxy) is 1. The molecule has 1 fully saturated rings. The first-order valence-corrected chi connectivity index (χ1v) is 11.0. The number of esters is 1. The fourth-order valence-electron chi connectivity index (χ4n) is 3.63. The zero-order chi connectivity index (χ0) is 23.2. The lowest BCUT2D eigenvalue weighted by molar-refractivity contribution is -0.128. The number of carbonyl (C=O) groups is 3. The molecule has 2 heterocycles. The molecule has 0 unspecified atom stereocenters. The molecule has 3 aromatic rings. The minimum absolute atomic E-state index is 0.119. The van der Waals surface area contributed by atoms with E-state index >= 15 is 0 Å². The van der Waals surface area contributed by atoms with Crippen molar-refractivity contribution in [1.82, 2.24) is 14.7 Å². The zero-order valence-electron chi connectivity index (χ0n) is 17.9. The van der Waals surface area contributed by atoms with E-state index in [1.165, 1.54) is 0 Å². The van der Waals surface area contributed by atoms with Crippen LogP contribution in [-0.4, -0.2) is 45.6 Å². The first-order chi connectivity index (χ1) is 16.0. The molecule has 4 rings (SSSR count). The summed E-state index contributed by atoms with van der Waals surface area (Å²) in [6.45, 7) is 1.12. The Morgan fingerprint density at radius 1 is 1.09 bits per heavy atom. The van der Waals surface area contributed by atoms with Gasteiger partial charge in [-0.25, -0.2) is 9.48 Å². The number of benzene rings is 2. The number of halogens is 1. The third kappa shape index (κ3) is 5.78. The average molecular weight is 467 g/mol. The number of aromatic nitrogens is 2. The highest BCUT2D eigenvalue weighted by Crippen LogP contribution is 2.18. The van der Waals surface area contributed by atoms with Gasteiger partial charge in [0.25, 0.3) is 5.91 Å². The number of nitrogens with one attached hydrogen (secondary N) is 1. The largest absolute Gasteiger partial charge is 0.452 e. The molecule has 0 spiro atoms. The molecule has 170 valence electrons. The van der Waals surface area contributed by atoms with Crippen LogP contribution in [0.5, 0.6) is 0 Å². The van der Waals surface area contributed by atoms with Gasteiger partial charge in [-0.05, 0) is 35.7 Å². The normalized spacial score (nSPS) is 13.2. The third-order valence-corrected chi connectivity index (χ3v) is 5.67. The van der Waals surface area contributed by atoms with Crippen LogP contribution in [0.4, 0.5) is 5.82 Å². The molecule has 0 radical (unpaired) electrons. The van der Waals surface area contributed by atoms with Crippen LogP contribution < -0.4 is 5.32 Å². The van der Waals surface area contributed by atoms with E-state index in [2.05, 4.69) is 10.4 Å². The van der Waals surface area contributed by atoms with E-state index < -0.39 is 18.5 Å². The maximum Gasteiger partial charge on any atom is 0.338 e.